The van der Waals surface area contributed by atoms with Gasteiger partial charge in [-0.05, 0) is 67.1 Å². The minimum atomic E-state index is -3.60. The van der Waals surface area contributed by atoms with Crippen LogP contribution in [0.4, 0.5) is 5.00 Å². The largest absolute Gasteiger partial charge is 0.337 e. The molecular formula is C29H30N4O4S3. The number of carbonyl (C=O) groups excluding carboxylic acids is 2. The van der Waals surface area contributed by atoms with E-state index in [1.807, 2.05) is 29.2 Å². The average molecular weight is 595 g/mol. The molecule has 2 aliphatic rings. The van der Waals surface area contributed by atoms with E-state index in [2.05, 4.69) is 12.2 Å². The van der Waals surface area contributed by atoms with Gasteiger partial charge < -0.3 is 10.2 Å². The van der Waals surface area contributed by atoms with Crippen molar-refractivity contribution in [3.8, 4) is 10.6 Å². The summed E-state index contributed by atoms with van der Waals surface area (Å²) in [6.07, 6.45) is 2.57. The summed E-state index contributed by atoms with van der Waals surface area (Å²) in [4.78, 5) is 33.4. The van der Waals surface area contributed by atoms with Gasteiger partial charge in [0, 0.05) is 42.6 Å². The number of hydrogen-bond acceptors (Lipinski definition) is 7. The fourth-order valence-corrected chi connectivity index (χ4v) is 9.40. The highest BCUT2D eigenvalue weighted by atomic mass is 32.2. The molecule has 0 saturated carbocycles. The standard InChI is InChI=1S/C29H30N4O4S3/c1-18-6-5-14-33(16-18)40(36,37)21-11-9-20(10-12-21)27(35)31-29-26(28-30-23-7-3-4-8-24(23)38-28)22-13-15-32(19(2)34)17-25(22)39-29/h3-4,7-12,18H,5-6,13-17H2,1-2H3,(H,31,35)/t18-/m0/s1. The van der Waals surface area contributed by atoms with Crippen LogP contribution in [0.15, 0.2) is 53.4 Å². The van der Waals surface area contributed by atoms with E-state index in [0.717, 1.165) is 44.1 Å². The Morgan fingerprint density at radius 3 is 2.55 bits per heavy atom. The Hall–Kier alpha value is -3.12. The molecule has 1 atom stereocenters. The molecule has 6 rings (SSSR count). The first-order valence-corrected chi connectivity index (χ1v) is 16.5. The lowest BCUT2D eigenvalue weighted by Gasteiger charge is -2.30. The quantitative estimate of drug-likeness (QED) is 0.324. The molecule has 2 aromatic carbocycles. The zero-order valence-corrected chi connectivity index (χ0v) is 24.8. The molecule has 2 amide bonds. The molecule has 40 heavy (non-hydrogen) atoms. The lowest BCUT2D eigenvalue weighted by molar-refractivity contribution is -0.129. The minimum absolute atomic E-state index is 0.0280. The van der Waals surface area contributed by atoms with Crippen molar-refractivity contribution < 1.29 is 18.0 Å². The molecule has 1 saturated heterocycles. The van der Waals surface area contributed by atoms with Crippen LogP contribution >= 0.6 is 22.7 Å². The topological polar surface area (TPSA) is 99.7 Å². The highest BCUT2D eigenvalue weighted by Crippen LogP contribution is 2.45. The van der Waals surface area contributed by atoms with Crippen LogP contribution in [-0.4, -0.2) is 54.1 Å². The Balaban J connectivity index is 1.30. The number of carbonyl (C=O) groups is 2. The maximum atomic E-state index is 13.4. The van der Waals surface area contributed by atoms with Gasteiger partial charge in [-0.1, -0.05) is 19.1 Å². The molecule has 0 bridgehead atoms. The highest BCUT2D eigenvalue weighted by Gasteiger charge is 2.30. The number of fused-ring (bicyclic) bond motifs is 2. The van der Waals surface area contributed by atoms with Gasteiger partial charge in [0.15, 0.2) is 0 Å². The van der Waals surface area contributed by atoms with Gasteiger partial charge >= 0.3 is 0 Å². The number of benzene rings is 2. The van der Waals surface area contributed by atoms with Crippen LogP contribution in [0.25, 0.3) is 20.8 Å². The number of nitrogens with zero attached hydrogens (tertiary/aromatic N) is 3. The fourth-order valence-electron chi connectivity index (χ4n) is 5.43. The summed E-state index contributed by atoms with van der Waals surface area (Å²) in [6, 6.07) is 14.1. The monoisotopic (exact) mass is 594 g/mol. The van der Waals surface area contributed by atoms with Gasteiger partial charge in [-0.2, -0.15) is 4.31 Å². The molecule has 4 aromatic rings. The van der Waals surface area contributed by atoms with E-state index in [1.54, 1.807) is 34.7 Å². The molecule has 1 fully saturated rings. The number of aromatic nitrogens is 1. The van der Waals surface area contributed by atoms with E-state index < -0.39 is 10.0 Å². The molecule has 208 valence electrons. The van der Waals surface area contributed by atoms with Gasteiger partial charge in [0.1, 0.15) is 10.0 Å². The number of thiazole rings is 1. The first kappa shape index (κ1) is 27.1. The molecule has 0 aliphatic carbocycles. The maximum Gasteiger partial charge on any atom is 0.256 e. The van der Waals surface area contributed by atoms with Crippen molar-refractivity contribution in [2.75, 3.05) is 25.0 Å². The highest BCUT2D eigenvalue weighted by molar-refractivity contribution is 7.89. The van der Waals surface area contributed by atoms with Gasteiger partial charge in [-0.15, -0.1) is 22.7 Å². The summed E-state index contributed by atoms with van der Waals surface area (Å²) in [5.74, 6) is 0.0393. The van der Waals surface area contributed by atoms with Crippen molar-refractivity contribution in [1.29, 1.82) is 0 Å². The van der Waals surface area contributed by atoms with E-state index in [1.165, 1.54) is 23.5 Å². The van der Waals surface area contributed by atoms with Crippen LogP contribution in [0.1, 0.15) is 47.5 Å². The molecule has 11 heteroatoms. The summed E-state index contributed by atoms with van der Waals surface area (Å²) in [5, 5.41) is 4.61. The molecule has 1 N–H and O–H groups in total. The van der Waals surface area contributed by atoms with Gasteiger partial charge in [0.25, 0.3) is 5.91 Å². The van der Waals surface area contributed by atoms with E-state index in [-0.39, 0.29) is 16.7 Å². The van der Waals surface area contributed by atoms with Crippen molar-refractivity contribution in [1.82, 2.24) is 14.2 Å². The third kappa shape index (κ3) is 5.07. The Morgan fingerprint density at radius 2 is 1.82 bits per heavy atom. The van der Waals surface area contributed by atoms with Crippen LogP contribution < -0.4 is 5.32 Å². The van der Waals surface area contributed by atoms with Crippen LogP contribution in [0, 0.1) is 5.92 Å². The van der Waals surface area contributed by atoms with Crippen molar-refractivity contribution in [2.45, 2.75) is 44.6 Å². The molecule has 0 unspecified atom stereocenters. The Bertz CT molecular complexity index is 1680. The molecule has 4 heterocycles. The van der Waals surface area contributed by atoms with Crippen molar-refractivity contribution in [3.63, 3.8) is 0 Å². The summed E-state index contributed by atoms with van der Waals surface area (Å²) >= 11 is 3.06. The van der Waals surface area contributed by atoms with E-state index in [4.69, 9.17) is 4.98 Å². The average Bonchev–Trinajstić information content (AvgIpc) is 3.53. The van der Waals surface area contributed by atoms with Crippen LogP contribution in [-0.2, 0) is 27.8 Å². The molecule has 8 nitrogen and oxygen atoms in total. The number of sulfonamides is 1. The van der Waals surface area contributed by atoms with Gasteiger partial charge in [0.2, 0.25) is 15.9 Å². The number of nitrogens with one attached hydrogen (secondary N) is 1. The second-order valence-electron chi connectivity index (χ2n) is 10.5. The minimum Gasteiger partial charge on any atom is -0.337 e. The number of hydrogen-bond donors (Lipinski definition) is 1. The Morgan fingerprint density at radius 1 is 1.05 bits per heavy atom. The predicted molar refractivity (Wildman–Crippen MR) is 159 cm³/mol. The number of amides is 2. The van der Waals surface area contributed by atoms with Crippen molar-refractivity contribution in [3.05, 3.63) is 64.5 Å². The number of para-hydroxylation sites is 1. The summed E-state index contributed by atoms with van der Waals surface area (Å²) in [5.41, 5.74) is 3.31. The lowest BCUT2D eigenvalue weighted by atomic mass is 10.0. The number of thiophene rings is 1. The zero-order chi connectivity index (χ0) is 28.0. The third-order valence-electron chi connectivity index (χ3n) is 7.61. The van der Waals surface area contributed by atoms with E-state index in [9.17, 15) is 18.0 Å². The van der Waals surface area contributed by atoms with Crippen LogP contribution in [0.5, 0.6) is 0 Å². The van der Waals surface area contributed by atoms with Crippen molar-refractivity contribution >= 4 is 59.7 Å². The molecule has 0 radical (unpaired) electrons. The van der Waals surface area contributed by atoms with Crippen LogP contribution in [0.3, 0.4) is 0 Å². The van der Waals surface area contributed by atoms with Crippen LogP contribution in [0.2, 0.25) is 0 Å². The summed E-state index contributed by atoms with van der Waals surface area (Å²) in [6.45, 7) is 5.81. The van der Waals surface area contributed by atoms with Gasteiger partial charge in [0.05, 0.1) is 21.7 Å². The summed E-state index contributed by atoms with van der Waals surface area (Å²) < 4.78 is 28.9. The number of rotatable bonds is 5. The normalized spacial score (nSPS) is 18.1. The molecule has 2 aliphatic heterocycles. The molecule has 0 spiro atoms. The number of anilines is 1. The SMILES string of the molecule is CC(=O)N1CCc2c(sc(NC(=O)c3ccc(S(=O)(=O)N4CCC[C@H](C)C4)cc3)c2-c2nc3ccccc3s2)C1. The Labute approximate surface area is 241 Å². The van der Waals surface area contributed by atoms with E-state index >= 15 is 0 Å². The zero-order valence-electron chi connectivity index (χ0n) is 22.3. The first-order valence-electron chi connectivity index (χ1n) is 13.4. The Kier molecular flexibility index (Phi) is 7.24. The summed E-state index contributed by atoms with van der Waals surface area (Å²) in [7, 11) is -3.60. The molecule has 2 aromatic heterocycles. The maximum absolute atomic E-state index is 13.4. The third-order valence-corrected chi connectivity index (χ3v) is 11.7. The van der Waals surface area contributed by atoms with E-state index in [0.29, 0.717) is 49.1 Å². The second kappa shape index (κ2) is 10.7. The van der Waals surface area contributed by atoms with Gasteiger partial charge in [-0.25, -0.2) is 13.4 Å². The first-order chi connectivity index (χ1) is 19.2. The smallest absolute Gasteiger partial charge is 0.256 e. The molecular weight excluding hydrogens is 565 g/mol. The fraction of sp³-hybridized carbons (Fsp3) is 0.345. The van der Waals surface area contributed by atoms with Gasteiger partial charge in [-0.3, -0.25) is 9.59 Å². The number of piperidine rings is 1. The second-order valence-corrected chi connectivity index (χ2v) is 14.5. The predicted octanol–water partition coefficient (Wildman–Crippen LogP) is 5.60. The van der Waals surface area contributed by atoms with Crippen molar-refractivity contribution in [2.24, 2.45) is 5.92 Å². The lowest BCUT2D eigenvalue weighted by Crippen LogP contribution is -2.39.